The minimum absolute atomic E-state index is 0.0524. The van der Waals surface area contributed by atoms with Gasteiger partial charge in [0.15, 0.2) is 11.5 Å². The Kier molecular flexibility index (Phi) is 5.35. The van der Waals surface area contributed by atoms with E-state index in [0.717, 1.165) is 28.7 Å². The molecule has 3 N–H and O–H groups in total. The zero-order valence-electron chi connectivity index (χ0n) is 18.2. The second-order valence-electron chi connectivity index (χ2n) is 7.90. The summed E-state index contributed by atoms with van der Waals surface area (Å²) in [6.07, 6.45) is 0.792. The van der Waals surface area contributed by atoms with Gasteiger partial charge in [-0.3, -0.25) is 9.89 Å². The minimum Gasteiger partial charge on any atom is -0.507 e. The van der Waals surface area contributed by atoms with Crippen molar-refractivity contribution in [1.29, 1.82) is 0 Å². The van der Waals surface area contributed by atoms with Crippen molar-refractivity contribution in [1.82, 2.24) is 15.1 Å². The van der Waals surface area contributed by atoms with Crippen LogP contribution in [0.2, 0.25) is 0 Å². The molecule has 3 aromatic rings. The fraction of sp³-hybridized carbons (Fsp3) is 0.333. The number of carbonyl (C=O) groups excluding carboxylic acids is 1. The van der Waals surface area contributed by atoms with Gasteiger partial charge in [-0.15, -0.1) is 0 Å². The zero-order chi connectivity index (χ0) is 22.3. The van der Waals surface area contributed by atoms with Crippen molar-refractivity contribution in [2.24, 2.45) is 0 Å². The van der Waals surface area contributed by atoms with E-state index in [-0.39, 0.29) is 17.4 Å². The molecule has 1 atom stereocenters. The van der Waals surface area contributed by atoms with Crippen LogP contribution in [-0.2, 0) is 0 Å². The molecule has 2 heterocycles. The maximum atomic E-state index is 13.2. The van der Waals surface area contributed by atoms with Crippen LogP contribution >= 0.6 is 0 Å². The summed E-state index contributed by atoms with van der Waals surface area (Å²) in [5.41, 5.74) is 4.98. The molecular weight excluding hydrogens is 394 g/mol. The number of aromatic nitrogens is 2. The number of aryl methyl sites for hydroxylation is 2. The monoisotopic (exact) mass is 421 g/mol. The molecule has 1 unspecified atom stereocenters. The predicted molar refractivity (Wildman–Crippen MR) is 118 cm³/mol. The number of amides is 1. The van der Waals surface area contributed by atoms with Gasteiger partial charge < -0.3 is 19.8 Å². The van der Waals surface area contributed by atoms with E-state index in [9.17, 15) is 15.0 Å². The number of phenols is 2. The number of H-pyrrole nitrogens is 1. The molecule has 0 saturated carbocycles. The van der Waals surface area contributed by atoms with Gasteiger partial charge in [-0.1, -0.05) is 19.1 Å². The van der Waals surface area contributed by atoms with Crippen LogP contribution in [0.15, 0.2) is 30.3 Å². The van der Waals surface area contributed by atoms with E-state index in [1.54, 1.807) is 29.2 Å². The van der Waals surface area contributed by atoms with Crippen molar-refractivity contribution in [2.45, 2.75) is 40.2 Å². The number of aromatic amines is 1. The molecule has 2 aromatic carbocycles. The lowest BCUT2D eigenvalue weighted by Crippen LogP contribution is -2.30. The van der Waals surface area contributed by atoms with Crippen LogP contribution in [0.1, 0.15) is 59.1 Å². The van der Waals surface area contributed by atoms with Gasteiger partial charge in [0, 0.05) is 17.7 Å². The van der Waals surface area contributed by atoms with Crippen LogP contribution in [0.3, 0.4) is 0 Å². The number of fused-ring (bicyclic) bond motifs is 1. The standard InChI is InChI=1S/C24H27N3O4/c1-5-9-27-23(15-7-8-16(28)18(12-15)31-6-2)20-21(25-26-22(20)24(27)30)19-14(4)10-13(3)11-17(19)29/h7-8,10-12,23,28-29H,5-6,9H2,1-4H3,(H,25,26). The quantitative estimate of drug-likeness (QED) is 0.546. The number of hydrogen-bond acceptors (Lipinski definition) is 5. The molecule has 162 valence electrons. The van der Waals surface area contributed by atoms with Crippen LogP contribution < -0.4 is 4.74 Å². The molecule has 0 saturated heterocycles. The SMILES string of the molecule is CCCN1C(=O)c2[nH]nc(-c3c(C)cc(C)cc3O)c2C1c1ccc(O)c(OCC)c1. The Labute approximate surface area is 181 Å². The molecule has 31 heavy (non-hydrogen) atoms. The summed E-state index contributed by atoms with van der Waals surface area (Å²) in [4.78, 5) is 15.0. The topological polar surface area (TPSA) is 98.7 Å². The van der Waals surface area contributed by atoms with Crippen LogP contribution in [0.25, 0.3) is 11.3 Å². The summed E-state index contributed by atoms with van der Waals surface area (Å²) in [7, 11) is 0. The van der Waals surface area contributed by atoms with Gasteiger partial charge in [-0.25, -0.2) is 0 Å². The molecule has 0 fully saturated rings. The van der Waals surface area contributed by atoms with Crippen molar-refractivity contribution >= 4 is 5.91 Å². The Balaban J connectivity index is 1.93. The molecule has 1 aliphatic heterocycles. The van der Waals surface area contributed by atoms with Gasteiger partial charge in [0.25, 0.3) is 5.91 Å². The lowest BCUT2D eigenvalue weighted by molar-refractivity contribution is 0.0743. The van der Waals surface area contributed by atoms with Crippen molar-refractivity contribution in [2.75, 3.05) is 13.2 Å². The number of benzene rings is 2. The lowest BCUT2D eigenvalue weighted by Gasteiger charge is -2.26. The van der Waals surface area contributed by atoms with E-state index in [1.807, 2.05) is 33.8 Å². The molecule has 0 bridgehead atoms. The van der Waals surface area contributed by atoms with E-state index in [1.165, 1.54) is 0 Å². The average Bonchev–Trinajstić information content (AvgIpc) is 3.24. The Hall–Kier alpha value is -3.48. The second kappa shape index (κ2) is 7.98. The van der Waals surface area contributed by atoms with E-state index in [4.69, 9.17) is 4.74 Å². The maximum absolute atomic E-state index is 13.2. The van der Waals surface area contributed by atoms with E-state index in [0.29, 0.717) is 35.9 Å². The number of carbonyl (C=O) groups is 1. The highest BCUT2D eigenvalue weighted by atomic mass is 16.5. The van der Waals surface area contributed by atoms with Gasteiger partial charge in [0.1, 0.15) is 17.1 Å². The minimum atomic E-state index is -0.406. The Bertz CT molecular complexity index is 1130. The van der Waals surface area contributed by atoms with Gasteiger partial charge in [0.05, 0.1) is 12.6 Å². The Morgan fingerprint density at radius 2 is 1.90 bits per heavy atom. The molecule has 7 heteroatoms. The first kappa shape index (κ1) is 20.8. The summed E-state index contributed by atoms with van der Waals surface area (Å²) in [6.45, 7) is 8.70. The zero-order valence-corrected chi connectivity index (χ0v) is 18.2. The van der Waals surface area contributed by atoms with Crippen LogP contribution in [0.4, 0.5) is 0 Å². The largest absolute Gasteiger partial charge is 0.507 e. The highest BCUT2D eigenvalue weighted by molar-refractivity contribution is 6.00. The summed E-state index contributed by atoms with van der Waals surface area (Å²) in [5, 5.41) is 28.2. The number of nitrogens with zero attached hydrogens (tertiary/aromatic N) is 2. The fourth-order valence-corrected chi connectivity index (χ4v) is 4.43. The number of rotatable bonds is 6. The molecule has 0 radical (unpaired) electrons. The van der Waals surface area contributed by atoms with Crippen molar-refractivity contribution in [3.8, 4) is 28.5 Å². The number of aromatic hydroxyl groups is 2. The summed E-state index contributed by atoms with van der Waals surface area (Å²) < 4.78 is 5.58. The predicted octanol–water partition coefficient (Wildman–Crippen LogP) is 4.46. The molecule has 0 spiro atoms. The maximum Gasteiger partial charge on any atom is 0.273 e. The molecule has 0 aliphatic carbocycles. The van der Waals surface area contributed by atoms with Crippen LogP contribution in [-0.4, -0.2) is 44.4 Å². The highest BCUT2D eigenvalue weighted by Gasteiger charge is 2.42. The molecule has 7 nitrogen and oxygen atoms in total. The Morgan fingerprint density at radius 1 is 1.13 bits per heavy atom. The highest BCUT2D eigenvalue weighted by Crippen LogP contribution is 2.46. The first-order valence-electron chi connectivity index (χ1n) is 10.5. The molecular formula is C24H27N3O4. The normalized spacial score (nSPS) is 15.4. The fourth-order valence-electron chi connectivity index (χ4n) is 4.43. The average molecular weight is 421 g/mol. The van der Waals surface area contributed by atoms with Gasteiger partial charge in [-0.2, -0.15) is 5.10 Å². The molecule has 1 amide bonds. The van der Waals surface area contributed by atoms with Crippen LogP contribution in [0.5, 0.6) is 17.2 Å². The van der Waals surface area contributed by atoms with Crippen LogP contribution in [0, 0.1) is 13.8 Å². The smallest absolute Gasteiger partial charge is 0.273 e. The Morgan fingerprint density at radius 3 is 2.58 bits per heavy atom. The number of nitrogens with one attached hydrogen (secondary N) is 1. The van der Waals surface area contributed by atoms with Crippen molar-refractivity contribution < 1.29 is 19.7 Å². The van der Waals surface area contributed by atoms with Crippen molar-refractivity contribution in [3.63, 3.8) is 0 Å². The third-order valence-corrected chi connectivity index (χ3v) is 5.62. The third-order valence-electron chi connectivity index (χ3n) is 5.62. The van der Waals surface area contributed by atoms with E-state index in [2.05, 4.69) is 10.2 Å². The number of ether oxygens (including phenoxy) is 1. The third kappa shape index (κ3) is 3.40. The van der Waals surface area contributed by atoms with E-state index >= 15 is 0 Å². The number of hydrogen-bond donors (Lipinski definition) is 3. The second-order valence-corrected chi connectivity index (χ2v) is 7.90. The number of phenolic OH excluding ortho intramolecular Hbond substituents is 2. The van der Waals surface area contributed by atoms with Gasteiger partial charge in [-0.05, 0) is 62.1 Å². The lowest BCUT2D eigenvalue weighted by atomic mass is 9.93. The first-order valence-corrected chi connectivity index (χ1v) is 10.5. The summed E-state index contributed by atoms with van der Waals surface area (Å²) in [6, 6.07) is 8.43. The first-order chi connectivity index (χ1) is 14.9. The van der Waals surface area contributed by atoms with E-state index < -0.39 is 6.04 Å². The molecule has 4 rings (SSSR count). The van der Waals surface area contributed by atoms with Gasteiger partial charge >= 0.3 is 0 Å². The van der Waals surface area contributed by atoms with Crippen molar-refractivity contribution in [3.05, 3.63) is 58.3 Å². The molecule has 1 aliphatic rings. The molecule has 1 aromatic heterocycles. The van der Waals surface area contributed by atoms with Gasteiger partial charge in [0.2, 0.25) is 0 Å². The summed E-state index contributed by atoms with van der Waals surface area (Å²) >= 11 is 0. The summed E-state index contributed by atoms with van der Waals surface area (Å²) in [5.74, 6) is 0.428.